The van der Waals surface area contributed by atoms with Gasteiger partial charge in [-0.3, -0.25) is 0 Å². The van der Waals surface area contributed by atoms with Crippen LogP contribution in [0.2, 0.25) is 0 Å². The van der Waals surface area contributed by atoms with Gasteiger partial charge in [0.25, 0.3) is 0 Å². The largest absolute Gasteiger partial charge is 0.377 e. The molecule has 0 radical (unpaired) electrons. The molecule has 1 unspecified atom stereocenters. The average Bonchev–Trinajstić information content (AvgIpc) is 2.88. The fourth-order valence-electron chi connectivity index (χ4n) is 1.76. The number of hydrogen-bond donors (Lipinski definition) is 1. The van der Waals surface area contributed by atoms with Gasteiger partial charge in [0.05, 0.1) is 16.8 Å². The van der Waals surface area contributed by atoms with Gasteiger partial charge in [-0.15, -0.1) is 11.3 Å². The Kier molecular flexibility index (Phi) is 4.11. The summed E-state index contributed by atoms with van der Waals surface area (Å²) in [4.78, 5) is 4.51. The second-order valence-electron chi connectivity index (χ2n) is 3.85. The predicted molar refractivity (Wildman–Crippen MR) is 62.2 cm³/mol. The molecule has 2 heterocycles. The zero-order chi connectivity index (χ0) is 10.5. The van der Waals surface area contributed by atoms with Gasteiger partial charge in [0, 0.05) is 25.1 Å². The van der Waals surface area contributed by atoms with E-state index in [2.05, 4.69) is 22.6 Å². The van der Waals surface area contributed by atoms with Crippen molar-refractivity contribution >= 4 is 11.3 Å². The minimum Gasteiger partial charge on any atom is -0.377 e. The minimum absolute atomic E-state index is 0.425. The molecule has 1 aliphatic heterocycles. The maximum atomic E-state index is 5.54. The molecule has 0 spiro atoms. The molecule has 1 aromatic rings. The molecule has 0 amide bonds. The zero-order valence-corrected chi connectivity index (χ0v) is 9.98. The summed E-state index contributed by atoms with van der Waals surface area (Å²) in [5, 5.41) is 6.77. The van der Waals surface area contributed by atoms with Crippen molar-refractivity contribution in [1.82, 2.24) is 10.3 Å². The maximum absolute atomic E-state index is 5.54. The summed E-state index contributed by atoms with van der Waals surface area (Å²) in [6.07, 6.45) is 3.87. The number of nitrogens with zero attached hydrogens (tertiary/aromatic N) is 1. The second kappa shape index (κ2) is 5.58. The van der Waals surface area contributed by atoms with Crippen molar-refractivity contribution in [2.75, 3.05) is 13.2 Å². The van der Waals surface area contributed by atoms with Crippen molar-refractivity contribution < 1.29 is 4.74 Å². The lowest BCUT2D eigenvalue weighted by atomic mass is 10.2. The number of rotatable bonds is 5. The third-order valence-electron chi connectivity index (χ3n) is 2.60. The first kappa shape index (κ1) is 11.0. The summed E-state index contributed by atoms with van der Waals surface area (Å²) in [6.45, 7) is 4.90. The van der Waals surface area contributed by atoms with Crippen LogP contribution in [0.15, 0.2) is 5.38 Å². The van der Waals surface area contributed by atoms with Crippen LogP contribution in [0.4, 0.5) is 0 Å². The van der Waals surface area contributed by atoms with E-state index in [0.717, 1.165) is 31.8 Å². The molecule has 0 aliphatic carbocycles. The highest BCUT2D eigenvalue weighted by atomic mass is 32.1. The normalized spacial score (nSPS) is 21.0. The molecule has 2 rings (SSSR count). The SMILES string of the molecule is CCc1nc(CNCC2CCCO2)cs1. The molecule has 4 heteroatoms. The standard InChI is InChI=1S/C11H18N2OS/c1-2-11-13-9(8-15-11)6-12-7-10-4-3-5-14-10/h8,10,12H,2-7H2,1H3. The van der Waals surface area contributed by atoms with E-state index >= 15 is 0 Å². The van der Waals surface area contributed by atoms with Gasteiger partial charge in [-0.2, -0.15) is 0 Å². The number of thiazole rings is 1. The van der Waals surface area contributed by atoms with Crippen LogP contribution in [0.3, 0.4) is 0 Å². The lowest BCUT2D eigenvalue weighted by molar-refractivity contribution is 0.110. The number of hydrogen-bond acceptors (Lipinski definition) is 4. The smallest absolute Gasteiger partial charge is 0.0926 e. The average molecular weight is 226 g/mol. The molecular formula is C11H18N2OS. The first-order valence-corrected chi connectivity index (χ1v) is 6.52. The highest BCUT2D eigenvalue weighted by molar-refractivity contribution is 7.09. The maximum Gasteiger partial charge on any atom is 0.0926 e. The van der Waals surface area contributed by atoms with Crippen molar-refractivity contribution in [2.24, 2.45) is 0 Å². The van der Waals surface area contributed by atoms with Gasteiger partial charge in [-0.25, -0.2) is 4.98 Å². The molecule has 15 heavy (non-hydrogen) atoms. The summed E-state index contributed by atoms with van der Waals surface area (Å²) >= 11 is 1.75. The fourth-order valence-corrected chi connectivity index (χ4v) is 2.50. The highest BCUT2D eigenvalue weighted by Gasteiger charge is 2.14. The highest BCUT2D eigenvalue weighted by Crippen LogP contribution is 2.12. The Morgan fingerprint density at radius 3 is 3.27 bits per heavy atom. The van der Waals surface area contributed by atoms with E-state index in [9.17, 15) is 0 Å². The topological polar surface area (TPSA) is 34.2 Å². The van der Waals surface area contributed by atoms with Gasteiger partial charge >= 0.3 is 0 Å². The summed E-state index contributed by atoms with van der Waals surface area (Å²) in [7, 11) is 0. The number of aromatic nitrogens is 1. The molecule has 1 N–H and O–H groups in total. The molecular weight excluding hydrogens is 208 g/mol. The molecule has 1 aliphatic rings. The lowest BCUT2D eigenvalue weighted by Gasteiger charge is -2.09. The van der Waals surface area contributed by atoms with E-state index in [1.807, 2.05) is 0 Å². The van der Waals surface area contributed by atoms with Crippen LogP contribution in [0, 0.1) is 0 Å². The Labute approximate surface area is 94.9 Å². The molecule has 1 saturated heterocycles. The Balaban J connectivity index is 1.68. The summed E-state index contributed by atoms with van der Waals surface area (Å²) in [6, 6.07) is 0. The fraction of sp³-hybridized carbons (Fsp3) is 0.727. The first-order valence-electron chi connectivity index (χ1n) is 5.64. The van der Waals surface area contributed by atoms with Crippen molar-refractivity contribution in [3.05, 3.63) is 16.1 Å². The number of nitrogens with one attached hydrogen (secondary N) is 1. The molecule has 1 atom stereocenters. The van der Waals surface area contributed by atoms with Crippen molar-refractivity contribution in [1.29, 1.82) is 0 Å². The van der Waals surface area contributed by atoms with Gasteiger partial charge in [0.15, 0.2) is 0 Å². The van der Waals surface area contributed by atoms with Gasteiger partial charge in [-0.05, 0) is 19.3 Å². The second-order valence-corrected chi connectivity index (χ2v) is 4.79. The van der Waals surface area contributed by atoms with Crippen molar-refractivity contribution in [3.8, 4) is 0 Å². The van der Waals surface area contributed by atoms with E-state index in [0.29, 0.717) is 6.10 Å². The molecule has 3 nitrogen and oxygen atoms in total. The van der Waals surface area contributed by atoms with Gasteiger partial charge in [0.1, 0.15) is 0 Å². The third kappa shape index (κ3) is 3.26. The van der Waals surface area contributed by atoms with Crippen LogP contribution in [0.5, 0.6) is 0 Å². The zero-order valence-electron chi connectivity index (χ0n) is 9.16. The lowest BCUT2D eigenvalue weighted by Crippen LogP contribution is -2.25. The van der Waals surface area contributed by atoms with Gasteiger partial charge in [0.2, 0.25) is 0 Å². The first-order chi connectivity index (χ1) is 7.38. The van der Waals surface area contributed by atoms with E-state index in [-0.39, 0.29) is 0 Å². The number of aryl methyl sites for hydroxylation is 1. The van der Waals surface area contributed by atoms with Crippen LogP contribution < -0.4 is 5.32 Å². The Morgan fingerprint density at radius 2 is 2.60 bits per heavy atom. The molecule has 1 aromatic heterocycles. The summed E-state index contributed by atoms with van der Waals surface area (Å²) in [5.41, 5.74) is 1.16. The Bertz CT molecular complexity index is 295. The van der Waals surface area contributed by atoms with Crippen LogP contribution in [0.1, 0.15) is 30.5 Å². The van der Waals surface area contributed by atoms with Crippen LogP contribution in [0.25, 0.3) is 0 Å². The quantitative estimate of drug-likeness (QED) is 0.833. The van der Waals surface area contributed by atoms with E-state index in [4.69, 9.17) is 4.74 Å². The molecule has 0 bridgehead atoms. The van der Waals surface area contributed by atoms with Crippen molar-refractivity contribution in [3.63, 3.8) is 0 Å². The monoisotopic (exact) mass is 226 g/mol. The molecule has 1 fully saturated rings. The Hall–Kier alpha value is -0.450. The number of ether oxygens (including phenoxy) is 1. The van der Waals surface area contributed by atoms with E-state index in [1.54, 1.807) is 11.3 Å². The van der Waals surface area contributed by atoms with Gasteiger partial charge in [-0.1, -0.05) is 6.92 Å². The Morgan fingerprint density at radius 1 is 1.67 bits per heavy atom. The van der Waals surface area contributed by atoms with E-state index < -0.39 is 0 Å². The van der Waals surface area contributed by atoms with Crippen molar-refractivity contribution in [2.45, 2.75) is 38.8 Å². The molecule has 0 aromatic carbocycles. The van der Waals surface area contributed by atoms with Gasteiger partial charge < -0.3 is 10.1 Å². The van der Waals surface area contributed by atoms with E-state index in [1.165, 1.54) is 17.8 Å². The van der Waals surface area contributed by atoms with Crippen LogP contribution in [-0.2, 0) is 17.7 Å². The summed E-state index contributed by atoms with van der Waals surface area (Å²) in [5.74, 6) is 0. The predicted octanol–water partition coefficient (Wildman–Crippen LogP) is 1.97. The van der Waals surface area contributed by atoms with Crippen LogP contribution >= 0.6 is 11.3 Å². The molecule has 0 saturated carbocycles. The third-order valence-corrected chi connectivity index (χ3v) is 3.65. The molecule has 84 valence electrons. The minimum atomic E-state index is 0.425. The van der Waals surface area contributed by atoms with Crippen LogP contribution in [-0.4, -0.2) is 24.2 Å². The summed E-state index contributed by atoms with van der Waals surface area (Å²) < 4.78 is 5.54.